The van der Waals surface area contributed by atoms with Crippen molar-refractivity contribution in [2.75, 3.05) is 5.73 Å². The van der Waals surface area contributed by atoms with Crippen LogP contribution in [0.3, 0.4) is 0 Å². The molecule has 15 heavy (non-hydrogen) atoms. The van der Waals surface area contributed by atoms with Crippen molar-refractivity contribution in [1.29, 1.82) is 0 Å². The van der Waals surface area contributed by atoms with Crippen molar-refractivity contribution in [2.24, 2.45) is 0 Å². The Hall–Kier alpha value is -2.17. The minimum atomic E-state index is 0.266. The van der Waals surface area contributed by atoms with E-state index in [0.717, 1.165) is 0 Å². The van der Waals surface area contributed by atoms with E-state index in [1.807, 2.05) is 12.1 Å². The third kappa shape index (κ3) is 2.40. The predicted molar refractivity (Wildman–Crippen MR) is 55.0 cm³/mol. The number of nitrogen functional groups attached to an aromatic ring is 1. The largest absolute Gasteiger partial charge is 0.483 e. The fourth-order valence-corrected chi connectivity index (χ4v) is 1.10. The van der Waals surface area contributed by atoms with Gasteiger partial charge in [0.2, 0.25) is 0 Å². The summed E-state index contributed by atoms with van der Waals surface area (Å²) in [4.78, 5) is 3.98. The molecule has 5 nitrogen and oxygen atoms in total. The van der Waals surface area contributed by atoms with E-state index in [0.29, 0.717) is 17.3 Å². The lowest BCUT2D eigenvalue weighted by molar-refractivity contribution is 0.295. The van der Waals surface area contributed by atoms with Crippen LogP contribution < -0.4 is 10.5 Å². The van der Waals surface area contributed by atoms with Gasteiger partial charge in [-0.05, 0) is 12.1 Å². The van der Waals surface area contributed by atoms with E-state index in [1.165, 1.54) is 6.20 Å². The molecule has 2 rings (SSSR count). The summed E-state index contributed by atoms with van der Waals surface area (Å²) in [5, 5.41) is 7.49. The number of nitrogens with two attached hydrogens (primary N) is 1. The first-order valence-corrected chi connectivity index (χ1v) is 4.46. The van der Waals surface area contributed by atoms with Crippen LogP contribution in [0.1, 0.15) is 5.82 Å². The van der Waals surface area contributed by atoms with Gasteiger partial charge in [-0.25, -0.2) is 4.98 Å². The lowest BCUT2D eigenvalue weighted by Gasteiger charge is -2.06. The van der Waals surface area contributed by atoms with E-state index < -0.39 is 0 Å². The first kappa shape index (κ1) is 9.39. The van der Waals surface area contributed by atoms with Crippen molar-refractivity contribution >= 4 is 5.69 Å². The van der Waals surface area contributed by atoms with Crippen LogP contribution in [0.2, 0.25) is 0 Å². The molecule has 0 spiro atoms. The molecule has 0 aliphatic rings. The highest BCUT2D eigenvalue weighted by molar-refractivity contribution is 5.51. The number of ether oxygens (including phenoxy) is 1. The zero-order chi connectivity index (χ0) is 10.5. The topological polar surface area (TPSA) is 73.9 Å². The Balaban J connectivity index is 2.03. The Bertz CT molecular complexity index is 432. The van der Waals surface area contributed by atoms with Crippen LogP contribution in [0.4, 0.5) is 5.69 Å². The second-order valence-electron chi connectivity index (χ2n) is 2.89. The Labute approximate surface area is 86.9 Å². The highest BCUT2D eigenvalue weighted by Crippen LogP contribution is 2.20. The Morgan fingerprint density at radius 3 is 2.80 bits per heavy atom. The minimum Gasteiger partial charge on any atom is -0.483 e. The lowest BCUT2D eigenvalue weighted by atomic mass is 10.3. The molecule has 0 saturated heterocycles. The Morgan fingerprint density at radius 2 is 2.07 bits per heavy atom. The van der Waals surface area contributed by atoms with Crippen molar-refractivity contribution in [2.45, 2.75) is 6.61 Å². The van der Waals surface area contributed by atoms with Crippen molar-refractivity contribution in [3.05, 3.63) is 42.5 Å². The van der Waals surface area contributed by atoms with Crippen LogP contribution in [0.5, 0.6) is 5.75 Å². The molecule has 1 aromatic carbocycles. The number of benzene rings is 1. The molecule has 0 saturated carbocycles. The van der Waals surface area contributed by atoms with Crippen molar-refractivity contribution < 1.29 is 4.74 Å². The van der Waals surface area contributed by atoms with Crippen LogP contribution >= 0.6 is 0 Å². The quantitative estimate of drug-likeness (QED) is 0.752. The number of rotatable bonds is 3. The number of para-hydroxylation sites is 2. The zero-order valence-electron chi connectivity index (χ0n) is 8.00. The average molecular weight is 202 g/mol. The third-order valence-electron chi connectivity index (χ3n) is 1.81. The second-order valence-corrected chi connectivity index (χ2v) is 2.89. The van der Waals surface area contributed by atoms with E-state index in [9.17, 15) is 0 Å². The fraction of sp³-hybridized carbons (Fsp3) is 0.100. The van der Waals surface area contributed by atoms with Gasteiger partial charge in [-0.1, -0.05) is 12.1 Å². The molecule has 0 bridgehead atoms. The summed E-state index contributed by atoms with van der Waals surface area (Å²) >= 11 is 0. The molecule has 1 aromatic heterocycles. The molecule has 0 fully saturated rings. The number of nitrogens with zero attached hydrogens (tertiary/aromatic N) is 3. The van der Waals surface area contributed by atoms with Crippen LogP contribution in [0, 0.1) is 0 Å². The van der Waals surface area contributed by atoms with Gasteiger partial charge in [0.1, 0.15) is 12.4 Å². The Kier molecular flexibility index (Phi) is 2.73. The predicted octanol–water partition coefficient (Wildman–Crippen LogP) is 1.03. The molecule has 0 aliphatic heterocycles. The van der Waals surface area contributed by atoms with Gasteiger partial charge < -0.3 is 10.5 Å². The molecule has 2 aromatic rings. The van der Waals surface area contributed by atoms with E-state index in [-0.39, 0.29) is 6.61 Å². The van der Waals surface area contributed by atoms with Crippen molar-refractivity contribution in [3.63, 3.8) is 0 Å². The normalized spacial score (nSPS) is 9.87. The van der Waals surface area contributed by atoms with Crippen LogP contribution in [-0.2, 0) is 6.61 Å². The van der Waals surface area contributed by atoms with Gasteiger partial charge in [0, 0.05) is 6.20 Å². The smallest absolute Gasteiger partial charge is 0.188 e. The summed E-state index contributed by atoms with van der Waals surface area (Å²) in [6, 6.07) is 7.28. The van der Waals surface area contributed by atoms with Gasteiger partial charge in [0.25, 0.3) is 0 Å². The summed E-state index contributed by atoms with van der Waals surface area (Å²) in [5.41, 5.74) is 6.30. The second kappa shape index (κ2) is 4.36. The molecule has 0 aliphatic carbocycles. The molecule has 0 atom stereocenters. The van der Waals surface area contributed by atoms with Crippen molar-refractivity contribution in [1.82, 2.24) is 15.2 Å². The maximum atomic E-state index is 5.70. The fourth-order valence-electron chi connectivity index (χ4n) is 1.10. The van der Waals surface area contributed by atoms with Gasteiger partial charge in [0.05, 0.1) is 11.9 Å². The SMILES string of the molecule is Nc1ccccc1OCc1nccnn1. The molecular formula is C10H10N4O. The maximum absolute atomic E-state index is 5.70. The maximum Gasteiger partial charge on any atom is 0.188 e. The standard InChI is InChI=1S/C10H10N4O/c11-8-3-1-2-4-9(8)15-7-10-12-5-6-13-14-10/h1-6H,7,11H2. The number of anilines is 1. The monoisotopic (exact) mass is 202 g/mol. The average Bonchev–Trinajstić information content (AvgIpc) is 2.29. The van der Waals surface area contributed by atoms with Gasteiger partial charge >= 0.3 is 0 Å². The van der Waals surface area contributed by atoms with Crippen LogP contribution in [0.25, 0.3) is 0 Å². The van der Waals surface area contributed by atoms with Gasteiger partial charge in [-0.2, -0.15) is 5.10 Å². The van der Waals surface area contributed by atoms with E-state index >= 15 is 0 Å². The van der Waals surface area contributed by atoms with Crippen molar-refractivity contribution in [3.8, 4) is 5.75 Å². The van der Waals surface area contributed by atoms with E-state index in [4.69, 9.17) is 10.5 Å². The van der Waals surface area contributed by atoms with E-state index in [2.05, 4.69) is 15.2 Å². The molecule has 76 valence electrons. The number of hydrogen-bond donors (Lipinski definition) is 1. The summed E-state index contributed by atoms with van der Waals surface area (Å²) in [6.07, 6.45) is 3.08. The molecule has 0 unspecified atom stereocenters. The summed E-state index contributed by atoms with van der Waals surface area (Å²) < 4.78 is 5.43. The Morgan fingerprint density at radius 1 is 1.20 bits per heavy atom. The minimum absolute atomic E-state index is 0.266. The molecule has 2 N–H and O–H groups in total. The molecule has 0 amide bonds. The summed E-state index contributed by atoms with van der Waals surface area (Å²) in [5.74, 6) is 1.16. The summed E-state index contributed by atoms with van der Waals surface area (Å²) in [6.45, 7) is 0.266. The third-order valence-corrected chi connectivity index (χ3v) is 1.81. The molecule has 1 heterocycles. The van der Waals surface area contributed by atoms with Crippen LogP contribution in [0.15, 0.2) is 36.7 Å². The molecule has 0 radical (unpaired) electrons. The highest BCUT2D eigenvalue weighted by Gasteiger charge is 2.00. The molecular weight excluding hydrogens is 192 g/mol. The summed E-state index contributed by atoms with van der Waals surface area (Å²) in [7, 11) is 0. The van der Waals surface area contributed by atoms with Crippen LogP contribution in [-0.4, -0.2) is 15.2 Å². The van der Waals surface area contributed by atoms with E-state index in [1.54, 1.807) is 18.3 Å². The first-order chi connectivity index (χ1) is 7.36. The first-order valence-electron chi connectivity index (χ1n) is 4.46. The highest BCUT2D eigenvalue weighted by atomic mass is 16.5. The molecule has 5 heteroatoms. The zero-order valence-corrected chi connectivity index (χ0v) is 8.00. The van der Waals surface area contributed by atoms with Gasteiger partial charge in [-0.15, -0.1) is 5.10 Å². The van der Waals surface area contributed by atoms with Gasteiger partial charge in [-0.3, -0.25) is 0 Å². The number of hydrogen-bond acceptors (Lipinski definition) is 5. The number of aromatic nitrogens is 3. The lowest BCUT2D eigenvalue weighted by Crippen LogP contribution is -2.03. The van der Waals surface area contributed by atoms with Gasteiger partial charge in [0.15, 0.2) is 5.82 Å².